The smallest absolute Gasteiger partial charge is 0.222 e. The molecule has 19 heavy (non-hydrogen) atoms. The first-order valence-corrected chi connectivity index (χ1v) is 6.97. The minimum Gasteiger partial charge on any atom is -0.376 e. The number of rotatable bonds is 3. The van der Waals surface area contributed by atoms with Crippen molar-refractivity contribution in [1.82, 2.24) is 9.97 Å². The number of carbonyl (C=O) groups is 1. The minimum absolute atomic E-state index is 0.166. The van der Waals surface area contributed by atoms with Crippen LogP contribution in [0, 0.1) is 5.92 Å². The third-order valence-electron chi connectivity index (χ3n) is 3.76. The maximum atomic E-state index is 11.9. The number of nitrogens with zero attached hydrogens (tertiary/aromatic N) is 2. The average molecular weight is 261 g/mol. The minimum atomic E-state index is 0.166. The summed E-state index contributed by atoms with van der Waals surface area (Å²) in [5, 5.41) is 3.21. The van der Waals surface area contributed by atoms with Crippen molar-refractivity contribution in [1.29, 1.82) is 0 Å². The van der Waals surface area contributed by atoms with Crippen LogP contribution in [0.2, 0.25) is 0 Å². The first-order valence-electron chi connectivity index (χ1n) is 6.97. The van der Waals surface area contributed by atoms with Crippen LogP contribution in [-0.2, 0) is 11.2 Å². The molecule has 1 aromatic heterocycles. The summed E-state index contributed by atoms with van der Waals surface area (Å²) in [6.07, 6.45) is 5.61. The number of hydrogen-bond donors (Lipinski definition) is 1. The maximum absolute atomic E-state index is 11.9. The Morgan fingerprint density at radius 1 is 1.47 bits per heavy atom. The number of ketones is 1. The van der Waals surface area contributed by atoms with Crippen molar-refractivity contribution in [2.75, 3.05) is 18.5 Å². The highest BCUT2D eigenvalue weighted by Crippen LogP contribution is 2.24. The number of ether oxygens (including phenoxy) is 1. The molecule has 0 unspecified atom stereocenters. The normalized spacial score (nSPS) is 26.3. The van der Waals surface area contributed by atoms with E-state index >= 15 is 0 Å². The average Bonchev–Trinajstić information content (AvgIpc) is 2.88. The molecule has 5 heteroatoms. The molecule has 1 aliphatic heterocycles. The van der Waals surface area contributed by atoms with Crippen LogP contribution in [0.25, 0.3) is 0 Å². The van der Waals surface area contributed by atoms with Gasteiger partial charge >= 0.3 is 0 Å². The van der Waals surface area contributed by atoms with Gasteiger partial charge in [-0.15, -0.1) is 0 Å². The number of fused-ring (bicyclic) bond motifs is 1. The van der Waals surface area contributed by atoms with Crippen LogP contribution in [-0.4, -0.2) is 35.0 Å². The summed E-state index contributed by atoms with van der Waals surface area (Å²) in [7, 11) is 0. The van der Waals surface area contributed by atoms with Crippen LogP contribution in [0.15, 0.2) is 6.20 Å². The SMILES string of the molecule is C[C@H]1CC(=O)c2cnc(NC[C@H]3CCCO3)nc2C1. The second kappa shape index (κ2) is 5.25. The Kier molecular flexibility index (Phi) is 3.46. The molecule has 5 nitrogen and oxygen atoms in total. The van der Waals surface area contributed by atoms with Crippen LogP contribution >= 0.6 is 0 Å². The Labute approximate surface area is 112 Å². The van der Waals surface area contributed by atoms with Crippen LogP contribution in [0.1, 0.15) is 42.2 Å². The highest BCUT2D eigenvalue weighted by atomic mass is 16.5. The molecule has 2 heterocycles. The number of Topliss-reactive ketones (excluding diaryl/α,β-unsaturated/α-hetero) is 1. The third kappa shape index (κ3) is 2.76. The van der Waals surface area contributed by atoms with Crippen molar-refractivity contribution < 1.29 is 9.53 Å². The number of nitrogens with one attached hydrogen (secondary N) is 1. The molecule has 1 N–H and O–H groups in total. The van der Waals surface area contributed by atoms with Crippen molar-refractivity contribution in [3.05, 3.63) is 17.5 Å². The van der Waals surface area contributed by atoms with E-state index in [9.17, 15) is 4.79 Å². The number of anilines is 1. The van der Waals surface area contributed by atoms with E-state index < -0.39 is 0 Å². The molecule has 0 spiro atoms. The highest BCUT2D eigenvalue weighted by molar-refractivity contribution is 5.98. The van der Waals surface area contributed by atoms with E-state index in [2.05, 4.69) is 22.2 Å². The van der Waals surface area contributed by atoms with Gasteiger partial charge in [0.2, 0.25) is 5.95 Å². The zero-order valence-corrected chi connectivity index (χ0v) is 11.2. The van der Waals surface area contributed by atoms with Crippen molar-refractivity contribution in [3.8, 4) is 0 Å². The van der Waals surface area contributed by atoms with Gasteiger partial charge in [0.15, 0.2) is 5.78 Å². The number of aromatic nitrogens is 2. The molecule has 0 radical (unpaired) electrons. The van der Waals surface area contributed by atoms with Gasteiger partial charge in [0.1, 0.15) is 0 Å². The molecular weight excluding hydrogens is 242 g/mol. The Morgan fingerprint density at radius 2 is 2.37 bits per heavy atom. The monoisotopic (exact) mass is 261 g/mol. The fraction of sp³-hybridized carbons (Fsp3) is 0.643. The predicted octanol–water partition coefficient (Wildman–Crippen LogP) is 1.83. The molecule has 1 aromatic rings. The summed E-state index contributed by atoms with van der Waals surface area (Å²) in [6, 6.07) is 0. The quantitative estimate of drug-likeness (QED) is 0.899. The lowest BCUT2D eigenvalue weighted by atomic mass is 9.88. The number of hydrogen-bond acceptors (Lipinski definition) is 5. The molecular formula is C14H19N3O2. The summed E-state index contributed by atoms with van der Waals surface area (Å²) in [6.45, 7) is 3.67. The van der Waals surface area contributed by atoms with Gasteiger partial charge < -0.3 is 10.1 Å². The van der Waals surface area contributed by atoms with E-state index in [1.807, 2.05) is 0 Å². The zero-order chi connectivity index (χ0) is 13.2. The molecule has 0 amide bonds. The molecule has 1 aliphatic carbocycles. The molecule has 0 saturated carbocycles. The Bertz CT molecular complexity index is 484. The summed E-state index contributed by atoms with van der Waals surface area (Å²) < 4.78 is 5.55. The second-order valence-electron chi connectivity index (χ2n) is 5.51. The van der Waals surface area contributed by atoms with Crippen LogP contribution in [0.5, 0.6) is 0 Å². The highest BCUT2D eigenvalue weighted by Gasteiger charge is 2.24. The molecule has 102 valence electrons. The van der Waals surface area contributed by atoms with E-state index in [1.165, 1.54) is 0 Å². The van der Waals surface area contributed by atoms with Gasteiger partial charge in [-0.05, 0) is 25.2 Å². The van der Waals surface area contributed by atoms with Crippen molar-refractivity contribution in [2.24, 2.45) is 5.92 Å². The van der Waals surface area contributed by atoms with Gasteiger partial charge in [-0.3, -0.25) is 4.79 Å². The van der Waals surface area contributed by atoms with E-state index in [1.54, 1.807) is 6.20 Å². The van der Waals surface area contributed by atoms with Gasteiger partial charge in [-0.2, -0.15) is 0 Å². The van der Waals surface area contributed by atoms with Gasteiger partial charge in [-0.1, -0.05) is 6.92 Å². The molecule has 1 saturated heterocycles. The molecule has 3 rings (SSSR count). The van der Waals surface area contributed by atoms with Crippen molar-refractivity contribution in [3.63, 3.8) is 0 Å². The van der Waals surface area contributed by atoms with Gasteiger partial charge in [0.25, 0.3) is 0 Å². The summed E-state index contributed by atoms with van der Waals surface area (Å²) in [5.74, 6) is 1.15. The largest absolute Gasteiger partial charge is 0.376 e. The molecule has 2 atom stereocenters. The lowest BCUT2D eigenvalue weighted by molar-refractivity contribution is 0.0951. The van der Waals surface area contributed by atoms with Crippen LogP contribution < -0.4 is 5.32 Å². The van der Waals surface area contributed by atoms with E-state index in [0.29, 0.717) is 23.9 Å². The lowest BCUT2D eigenvalue weighted by Crippen LogP contribution is -2.23. The van der Waals surface area contributed by atoms with E-state index in [4.69, 9.17) is 4.74 Å². The van der Waals surface area contributed by atoms with Gasteiger partial charge in [0.05, 0.1) is 17.4 Å². The lowest BCUT2D eigenvalue weighted by Gasteiger charge is -2.19. The fourth-order valence-corrected chi connectivity index (χ4v) is 2.73. The third-order valence-corrected chi connectivity index (χ3v) is 3.76. The standard InChI is InChI=1S/C14H19N3O2/c1-9-5-12-11(13(18)6-9)8-16-14(17-12)15-7-10-3-2-4-19-10/h8-10H,2-7H2,1H3,(H,15,16,17)/t9-,10-/m1/s1. The molecule has 1 fully saturated rings. The van der Waals surface area contributed by atoms with Crippen molar-refractivity contribution in [2.45, 2.75) is 38.7 Å². The summed E-state index contributed by atoms with van der Waals surface area (Å²) in [5.41, 5.74) is 1.58. The van der Waals surface area contributed by atoms with E-state index in [-0.39, 0.29) is 11.9 Å². The predicted molar refractivity (Wildman–Crippen MR) is 71.3 cm³/mol. The first-order chi connectivity index (χ1) is 9.22. The Morgan fingerprint density at radius 3 is 3.16 bits per heavy atom. The second-order valence-corrected chi connectivity index (χ2v) is 5.51. The Hall–Kier alpha value is -1.49. The summed E-state index contributed by atoms with van der Waals surface area (Å²) in [4.78, 5) is 20.6. The first kappa shape index (κ1) is 12.5. The molecule has 2 aliphatic rings. The van der Waals surface area contributed by atoms with Crippen molar-refractivity contribution >= 4 is 11.7 Å². The fourth-order valence-electron chi connectivity index (χ4n) is 2.73. The molecule has 0 bridgehead atoms. The summed E-state index contributed by atoms with van der Waals surface area (Å²) >= 11 is 0. The van der Waals surface area contributed by atoms with Gasteiger partial charge in [0, 0.05) is 25.8 Å². The maximum Gasteiger partial charge on any atom is 0.222 e. The Balaban J connectivity index is 1.70. The molecule has 0 aromatic carbocycles. The van der Waals surface area contributed by atoms with E-state index in [0.717, 1.165) is 38.1 Å². The topological polar surface area (TPSA) is 64.1 Å². The van der Waals surface area contributed by atoms with Crippen LogP contribution in [0.3, 0.4) is 0 Å². The van der Waals surface area contributed by atoms with Crippen LogP contribution in [0.4, 0.5) is 5.95 Å². The number of carbonyl (C=O) groups excluding carboxylic acids is 1. The van der Waals surface area contributed by atoms with Gasteiger partial charge in [-0.25, -0.2) is 9.97 Å². The zero-order valence-electron chi connectivity index (χ0n) is 11.2.